The molecule has 4 N–H and O–H groups in total. The molecule has 2 aromatic heterocycles. The number of H-pyrrole nitrogens is 1. The van der Waals surface area contributed by atoms with Gasteiger partial charge in [0.15, 0.2) is 5.65 Å². The highest BCUT2D eigenvalue weighted by Crippen LogP contribution is 2.26. The Morgan fingerprint density at radius 3 is 3.12 bits per heavy atom. The molecule has 1 saturated heterocycles. The van der Waals surface area contributed by atoms with E-state index in [9.17, 15) is 5.11 Å². The number of aliphatic hydroxyl groups is 1. The van der Waals surface area contributed by atoms with E-state index in [1.54, 1.807) is 6.20 Å². The summed E-state index contributed by atoms with van der Waals surface area (Å²) in [6.07, 6.45) is 2.14. The molecule has 0 aromatic carbocycles. The van der Waals surface area contributed by atoms with Crippen molar-refractivity contribution in [3.8, 4) is 0 Å². The lowest BCUT2D eigenvalue weighted by atomic mass is 10.3. The van der Waals surface area contributed by atoms with Crippen molar-refractivity contribution in [3.05, 3.63) is 6.20 Å². The molecule has 0 radical (unpaired) electrons. The Hall–Kier alpha value is -1.89. The summed E-state index contributed by atoms with van der Waals surface area (Å²) in [6.45, 7) is 1.36. The molecule has 1 aliphatic heterocycles. The van der Waals surface area contributed by atoms with Crippen LogP contribution in [0.4, 0.5) is 11.8 Å². The quantitative estimate of drug-likeness (QED) is 0.599. The summed E-state index contributed by atoms with van der Waals surface area (Å²) in [5.74, 6) is 0.959. The van der Waals surface area contributed by atoms with Crippen LogP contribution >= 0.6 is 0 Å². The van der Waals surface area contributed by atoms with E-state index >= 15 is 0 Å². The van der Waals surface area contributed by atoms with Gasteiger partial charge >= 0.3 is 0 Å². The maximum Gasteiger partial charge on any atom is 0.224 e. The number of anilines is 2. The van der Waals surface area contributed by atoms with Crippen LogP contribution in [-0.4, -0.2) is 44.5 Å². The third-order valence-electron chi connectivity index (χ3n) is 2.77. The molecule has 3 heterocycles. The SMILES string of the molecule is Nc1nc(N2CCC(O)C2)c2cn[nH]c2n1. The molecule has 1 unspecified atom stereocenters. The van der Waals surface area contributed by atoms with Crippen LogP contribution in [0.25, 0.3) is 11.0 Å². The van der Waals surface area contributed by atoms with Crippen LogP contribution in [0, 0.1) is 0 Å². The number of nitrogens with one attached hydrogen (secondary N) is 1. The highest BCUT2D eigenvalue weighted by molar-refractivity contribution is 5.87. The third kappa shape index (κ3) is 1.36. The zero-order chi connectivity index (χ0) is 11.1. The molecule has 1 aliphatic rings. The summed E-state index contributed by atoms with van der Waals surface area (Å²) in [5, 5.41) is 17.0. The lowest BCUT2D eigenvalue weighted by Gasteiger charge is -2.17. The van der Waals surface area contributed by atoms with Crippen molar-refractivity contribution in [2.24, 2.45) is 0 Å². The van der Waals surface area contributed by atoms with Crippen molar-refractivity contribution in [2.45, 2.75) is 12.5 Å². The molecular formula is C9H12N6O. The van der Waals surface area contributed by atoms with Crippen LogP contribution in [-0.2, 0) is 0 Å². The minimum atomic E-state index is -0.293. The molecular weight excluding hydrogens is 208 g/mol. The Balaban J connectivity index is 2.11. The van der Waals surface area contributed by atoms with E-state index in [1.807, 2.05) is 4.90 Å². The van der Waals surface area contributed by atoms with Crippen molar-refractivity contribution < 1.29 is 5.11 Å². The van der Waals surface area contributed by atoms with Gasteiger partial charge in [-0.2, -0.15) is 15.1 Å². The smallest absolute Gasteiger partial charge is 0.224 e. The van der Waals surface area contributed by atoms with Gasteiger partial charge in [0, 0.05) is 13.1 Å². The van der Waals surface area contributed by atoms with Crippen molar-refractivity contribution in [2.75, 3.05) is 23.7 Å². The summed E-state index contributed by atoms with van der Waals surface area (Å²) >= 11 is 0. The summed E-state index contributed by atoms with van der Waals surface area (Å²) < 4.78 is 0. The van der Waals surface area contributed by atoms with Crippen LogP contribution in [0.1, 0.15) is 6.42 Å². The molecule has 2 aromatic rings. The van der Waals surface area contributed by atoms with Crippen molar-refractivity contribution in [1.29, 1.82) is 0 Å². The van der Waals surface area contributed by atoms with E-state index in [2.05, 4.69) is 20.2 Å². The first-order valence-corrected chi connectivity index (χ1v) is 5.13. The Bertz CT molecular complexity index is 524. The second kappa shape index (κ2) is 3.31. The normalized spacial score (nSPS) is 20.8. The van der Waals surface area contributed by atoms with Gasteiger partial charge in [0.1, 0.15) is 5.82 Å². The second-order valence-electron chi connectivity index (χ2n) is 3.93. The molecule has 0 amide bonds. The first-order chi connectivity index (χ1) is 7.74. The monoisotopic (exact) mass is 220 g/mol. The fourth-order valence-electron chi connectivity index (χ4n) is 2.01. The standard InChI is InChI=1S/C9H12N6O/c10-9-12-7-6(3-11-14-7)8(13-9)15-2-1-5(16)4-15/h3,5,16H,1-2,4H2,(H3,10,11,12,13,14). The Morgan fingerprint density at radius 2 is 2.38 bits per heavy atom. The highest BCUT2D eigenvalue weighted by Gasteiger charge is 2.24. The van der Waals surface area contributed by atoms with Gasteiger partial charge in [0.05, 0.1) is 17.7 Å². The number of nitrogens with zero attached hydrogens (tertiary/aromatic N) is 4. The van der Waals surface area contributed by atoms with Crippen LogP contribution < -0.4 is 10.6 Å². The lowest BCUT2D eigenvalue weighted by Crippen LogP contribution is -2.23. The van der Waals surface area contributed by atoms with Gasteiger partial charge in [0.25, 0.3) is 0 Å². The molecule has 0 aliphatic carbocycles. The van der Waals surface area contributed by atoms with Crippen LogP contribution in [0.2, 0.25) is 0 Å². The average molecular weight is 220 g/mol. The molecule has 0 saturated carbocycles. The maximum atomic E-state index is 9.51. The first-order valence-electron chi connectivity index (χ1n) is 5.13. The van der Waals surface area contributed by atoms with Crippen molar-refractivity contribution >= 4 is 22.8 Å². The van der Waals surface area contributed by atoms with E-state index in [0.717, 1.165) is 24.2 Å². The third-order valence-corrected chi connectivity index (χ3v) is 2.77. The van der Waals surface area contributed by atoms with Gasteiger partial charge in [-0.25, -0.2) is 0 Å². The molecule has 3 rings (SSSR count). The van der Waals surface area contributed by atoms with Gasteiger partial charge in [0.2, 0.25) is 5.95 Å². The number of hydrogen-bond acceptors (Lipinski definition) is 6. The van der Waals surface area contributed by atoms with E-state index in [4.69, 9.17) is 5.73 Å². The van der Waals surface area contributed by atoms with Crippen LogP contribution in [0.5, 0.6) is 0 Å². The van der Waals surface area contributed by atoms with Gasteiger partial charge in [-0.15, -0.1) is 0 Å². The van der Waals surface area contributed by atoms with Gasteiger partial charge < -0.3 is 15.7 Å². The molecule has 16 heavy (non-hydrogen) atoms. The van der Waals surface area contributed by atoms with Crippen LogP contribution in [0.3, 0.4) is 0 Å². The fourth-order valence-corrected chi connectivity index (χ4v) is 2.01. The number of nitrogens with two attached hydrogens (primary N) is 1. The Kier molecular flexibility index (Phi) is 1.93. The lowest BCUT2D eigenvalue weighted by molar-refractivity contribution is 0.198. The number of aliphatic hydroxyl groups excluding tert-OH is 1. The number of β-amino-alcohol motifs (C(OH)–C–C–N with tert-alkyl or cyclic N) is 1. The number of nitrogen functional groups attached to an aromatic ring is 1. The fraction of sp³-hybridized carbons (Fsp3) is 0.444. The molecule has 1 atom stereocenters. The molecule has 84 valence electrons. The summed E-state index contributed by atoms with van der Waals surface area (Å²) in [6, 6.07) is 0. The number of rotatable bonds is 1. The number of hydrogen-bond donors (Lipinski definition) is 3. The van der Waals surface area contributed by atoms with E-state index < -0.39 is 0 Å². The topological polar surface area (TPSA) is 104 Å². The molecule has 7 nitrogen and oxygen atoms in total. The number of fused-ring (bicyclic) bond motifs is 1. The summed E-state index contributed by atoms with van der Waals surface area (Å²) in [5.41, 5.74) is 6.26. The molecule has 1 fully saturated rings. The van der Waals surface area contributed by atoms with E-state index in [-0.39, 0.29) is 12.1 Å². The molecule has 0 spiro atoms. The Morgan fingerprint density at radius 1 is 1.50 bits per heavy atom. The molecule has 0 bridgehead atoms. The zero-order valence-electron chi connectivity index (χ0n) is 8.59. The average Bonchev–Trinajstić information content (AvgIpc) is 2.84. The largest absolute Gasteiger partial charge is 0.391 e. The predicted molar refractivity (Wildman–Crippen MR) is 58.9 cm³/mol. The highest BCUT2D eigenvalue weighted by atomic mass is 16.3. The minimum Gasteiger partial charge on any atom is -0.391 e. The van der Waals surface area contributed by atoms with Crippen LogP contribution in [0.15, 0.2) is 6.20 Å². The van der Waals surface area contributed by atoms with Crippen molar-refractivity contribution in [1.82, 2.24) is 20.2 Å². The van der Waals surface area contributed by atoms with Gasteiger partial charge in [-0.3, -0.25) is 5.10 Å². The maximum absolute atomic E-state index is 9.51. The number of aromatic amines is 1. The molecule has 7 heteroatoms. The number of aromatic nitrogens is 4. The summed E-state index contributed by atoms with van der Waals surface area (Å²) in [4.78, 5) is 10.3. The zero-order valence-corrected chi connectivity index (χ0v) is 8.59. The Labute approximate surface area is 91.3 Å². The van der Waals surface area contributed by atoms with E-state index in [1.165, 1.54) is 0 Å². The second-order valence-corrected chi connectivity index (χ2v) is 3.93. The van der Waals surface area contributed by atoms with Gasteiger partial charge in [-0.05, 0) is 6.42 Å². The van der Waals surface area contributed by atoms with Gasteiger partial charge in [-0.1, -0.05) is 0 Å². The minimum absolute atomic E-state index is 0.216. The first kappa shape index (κ1) is 9.34. The predicted octanol–water partition coefficient (Wildman–Crippen LogP) is -0.494. The van der Waals surface area contributed by atoms with Crippen molar-refractivity contribution in [3.63, 3.8) is 0 Å². The summed E-state index contributed by atoms with van der Waals surface area (Å²) in [7, 11) is 0. The van der Waals surface area contributed by atoms with E-state index in [0.29, 0.717) is 12.2 Å².